The number of nitrogens with one attached hydrogen (secondary N) is 2. The zero-order valence-electron chi connectivity index (χ0n) is 14.8. The highest BCUT2D eigenvalue weighted by atomic mass is 32.2. The number of aliphatic imine (C=N–C) groups is 1. The lowest BCUT2D eigenvalue weighted by atomic mass is 9.78. The van der Waals surface area contributed by atoms with E-state index >= 15 is 0 Å². The first-order valence-corrected chi connectivity index (χ1v) is 10.3. The third-order valence-corrected chi connectivity index (χ3v) is 6.39. The Labute approximate surface area is 140 Å². The first kappa shape index (κ1) is 18.5. The van der Waals surface area contributed by atoms with Gasteiger partial charge in [-0.25, -0.2) is 8.42 Å². The number of ether oxygens (including phenoxy) is 1. The molecule has 0 aromatic rings. The number of sulfone groups is 1. The molecule has 2 heterocycles. The molecule has 6 nitrogen and oxygen atoms in total. The van der Waals surface area contributed by atoms with Gasteiger partial charge in [0.1, 0.15) is 0 Å². The summed E-state index contributed by atoms with van der Waals surface area (Å²) in [4.78, 5) is 4.23. The highest BCUT2D eigenvalue weighted by Gasteiger charge is 2.35. The van der Waals surface area contributed by atoms with Crippen LogP contribution in [0.15, 0.2) is 4.99 Å². The average Bonchev–Trinajstić information content (AvgIpc) is 2.81. The van der Waals surface area contributed by atoms with Crippen LogP contribution in [0.4, 0.5) is 0 Å². The molecule has 134 valence electrons. The lowest BCUT2D eigenvalue weighted by Crippen LogP contribution is -2.49. The van der Waals surface area contributed by atoms with Gasteiger partial charge in [0, 0.05) is 32.2 Å². The van der Waals surface area contributed by atoms with Crippen LogP contribution in [0.2, 0.25) is 0 Å². The molecule has 2 aliphatic rings. The Bertz CT molecular complexity index is 525. The zero-order valence-corrected chi connectivity index (χ0v) is 15.6. The average molecular weight is 346 g/mol. The Balaban J connectivity index is 1.87. The molecule has 0 amide bonds. The van der Waals surface area contributed by atoms with Gasteiger partial charge < -0.3 is 15.4 Å². The van der Waals surface area contributed by atoms with E-state index in [4.69, 9.17) is 4.74 Å². The Hall–Kier alpha value is -0.820. The molecule has 23 heavy (non-hydrogen) atoms. The molecule has 3 atom stereocenters. The van der Waals surface area contributed by atoms with Crippen LogP contribution in [0.3, 0.4) is 0 Å². The van der Waals surface area contributed by atoms with Crippen LogP contribution in [0, 0.1) is 11.3 Å². The summed E-state index contributed by atoms with van der Waals surface area (Å²) in [5.74, 6) is 1.59. The van der Waals surface area contributed by atoms with E-state index in [0.717, 1.165) is 26.0 Å². The molecule has 0 aromatic carbocycles. The van der Waals surface area contributed by atoms with E-state index in [0.29, 0.717) is 18.3 Å². The van der Waals surface area contributed by atoms with Gasteiger partial charge in [0.2, 0.25) is 0 Å². The molecule has 0 bridgehead atoms. The lowest BCUT2D eigenvalue weighted by Gasteiger charge is -2.40. The van der Waals surface area contributed by atoms with Gasteiger partial charge in [-0.2, -0.15) is 0 Å². The Morgan fingerprint density at radius 3 is 2.61 bits per heavy atom. The van der Waals surface area contributed by atoms with Crippen LogP contribution >= 0.6 is 0 Å². The summed E-state index contributed by atoms with van der Waals surface area (Å²) in [7, 11) is -1.16. The van der Waals surface area contributed by atoms with Crippen molar-refractivity contribution in [3.63, 3.8) is 0 Å². The van der Waals surface area contributed by atoms with E-state index in [2.05, 4.69) is 36.4 Å². The molecule has 2 fully saturated rings. The first-order valence-electron chi connectivity index (χ1n) is 8.50. The lowest BCUT2D eigenvalue weighted by molar-refractivity contribution is -0.0835. The molecule has 2 aliphatic heterocycles. The predicted molar refractivity (Wildman–Crippen MR) is 93.5 cm³/mol. The summed E-state index contributed by atoms with van der Waals surface area (Å²) in [5, 5.41) is 6.59. The molecule has 0 aromatic heterocycles. The van der Waals surface area contributed by atoms with E-state index in [1.54, 1.807) is 7.05 Å². The summed E-state index contributed by atoms with van der Waals surface area (Å²) < 4.78 is 29.1. The maximum atomic E-state index is 11.6. The summed E-state index contributed by atoms with van der Waals surface area (Å²) in [6.45, 7) is 8.28. The maximum absolute atomic E-state index is 11.6. The fraction of sp³-hybridized carbons (Fsp3) is 0.938. The molecule has 0 spiro atoms. The number of hydrogen-bond donors (Lipinski definition) is 2. The normalized spacial score (nSPS) is 31.8. The molecular weight excluding hydrogens is 314 g/mol. The fourth-order valence-electron chi connectivity index (χ4n) is 3.53. The fourth-order valence-corrected chi connectivity index (χ4v) is 5.21. The van der Waals surface area contributed by atoms with Crippen molar-refractivity contribution in [1.82, 2.24) is 10.6 Å². The standard InChI is InChI=1S/C16H31N3O3S/c1-16(2,3)14-12(6-5-8-22-14)10-18-15(17-4)19-13-7-9-23(20,21)11-13/h12-14H,5-11H2,1-4H3,(H2,17,18,19). The number of guanidine groups is 1. The second kappa shape index (κ2) is 7.38. The van der Waals surface area contributed by atoms with E-state index in [1.165, 1.54) is 0 Å². The van der Waals surface area contributed by atoms with Crippen LogP contribution in [0.5, 0.6) is 0 Å². The Kier molecular flexibility index (Phi) is 5.94. The van der Waals surface area contributed by atoms with Crippen molar-refractivity contribution in [2.45, 2.75) is 52.2 Å². The molecule has 2 rings (SSSR count). The minimum atomic E-state index is -2.88. The third kappa shape index (κ3) is 5.35. The van der Waals surface area contributed by atoms with Gasteiger partial charge in [0.15, 0.2) is 15.8 Å². The van der Waals surface area contributed by atoms with E-state index in [9.17, 15) is 8.42 Å². The predicted octanol–water partition coefficient (Wildman–Crippen LogP) is 1.18. The van der Waals surface area contributed by atoms with Crippen LogP contribution in [-0.4, -0.2) is 58.2 Å². The minimum absolute atomic E-state index is 0.0350. The van der Waals surface area contributed by atoms with Crippen LogP contribution in [0.25, 0.3) is 0 Å². The van der Waals surface area contributed by atoms with Gasteiger partial charge in [-0.05, 0) is 24.7 Å². The topological polar surface area (TPSA) is 79.8 Å². The van der Waals surface area contributed by atoms with Crippen LogP contribution in [0.1, 0.15) is 40.0 Å². The third-order valence-electron chi connectivity index (χ3n) is 4.63. The van der Waals surface area contributed by atoms with Gasteiger partial charge in [-0.15, -0.1) is 0 Å². The van der Waals surface area contributed by atoms with Crippen molar-refractivity contribution in [3.05, 3.63) is 0 Å². The van der Waals surface area contributed by atoms with Crippen LogP contribution < -0.4 is 10.6 Å². The molecule has 0 aliphatic carbocycles. The molecule has 7 heteroatoms. The monoisotopic (exact) mass is 345 g/mol. The van der Waals surface area contributed by atoms with Crippen molar-refractivity contribution >= 4 is 15.8 Å². The largest absolute Gasteiger partial charge is 0.377 e. The van der Waals surface area contributed by atoms with E-state index < -0.39 is 9.84 Å². The van der Waals surface area contributed by atoms with Crippen molar-refractivity contribution < 1.29 is 13.2 Å². The van der Waals surface area contributed by atoms with Crippen molar-refractivity contribution in [2.24, 2.45) is 16.3 Å². The highest BCUT2D eigenvalue weighted by molar-refractivity contribution is 7.91. The van der Waals surface area contributed by atoms with Gasteiger partial charge in [0.25, 0.3) is 0 Å². The van der Waals surface area contributed by atoms with Crippen molar-refractivity contribution in [1.29, 1.82) is 0 Å². The van der Waals surface area contributed by atoms with Gasteiger partial charge in [-0.3, -0.25) is 4.99 Å². The number of nitrogens with zero attached hydrogens (tertiary/aromatic N) is 1. The van der Waals surface area contributed by atoms with Gasteiger partial charge in [0.05, 0.1) is 17.6 Å². The molecule has 0 saturated carbocycles. The van der Waals surface area contributed by atoms with Crippen LogP contribution in [-0.2, 0) is 14.6 Å². The first-order chi connectivity index (χ1) is 10.7. The van der Waals surface area contributed by atoms with Crippen molar-refractivity contribution in [2.75, 3.05) is 31.7 Å². The molecule has 2 N–H and O–H groups in total. The molecular formula is C16H31N3O3S. The van der Waals surface area contributed by atoms with E-state index in [1.807, 2.05) is 0 Å². The highest BCUT2D eigenvalue weighted by Crippen LogP contribution is 2.33. The minimum Gasteiger partial charge on any atom is -0.377 e. The summed E-state index contributed by atoms with van der Waals surface area (Å²) >= 11 is 0. The number of rotatable bonds is 3. The molecule has 3 unspecified atom stereocenters. The quantitative estimate of drug-likeness (QED) is 0.593. The Morgan fingerprint density at radius 1 is 1.30 bits per heavy atom. The summed E-state index contributed by atoms with van der Waals surface area (Å²) in [5.41, 5.74) is 0.114. The summed E-state index contributed by atoms with van der Waals surface area (Å²) in [6, 6.07) is -0.0350. The van der Waals surface area contributed by atoms with E-state index in [-0.39, 0.29) is 29.1 Å². The SMILES string of the molecule is CN=C(NCC1CCCOC1C(C)(C)C)NC1CCS(=O)(=O)C1. The summed E-state index contributed by atoms with van der Waals surface area (Å²) in [6.07, 6.45) is 3.11. The Morgan fingerprint density at radius 2 is 2.04 bits per heavy atom. The second-order valence-corrected chi connectivity index (χ2v) is 9.99. The number of hydrogen-bond acceptors (Lipinski definition) is 4. The molecule has 2 saturated heterocycles. The maximum Gasteiger partial charge on any atom is 0.191 e. The van der Waals surface area contributed by atoms with Gasteiger partial charge in [-0.1, -0.05) is 20.8 Å². The molecule has 0 radical (unpaired) electrons. The zero-order chi connectivity index (χ0) is 17.1. The second-order valence-electron chi connectivity index (χ2n) is 7.76. The van der Waals surface area contributed by atoms with Gasteiger partial charge >= 0.3 is 0 Å². The van der Waals surface area contributed by atoms with Crippen molar-refractivity contribution in [3.8, 4) is 0 Å². The smallest absolute Gasteiger partial charge is 0.191 e.